The number of nitrogens with one attached hydrogen (secondary N) is 1. The van der Waals surface area contributed by atoms with Gasteiger partial charge in [-0.05, 0) is 6.07 Å². The van der Waals surface area contributed by atoms with Crippen LogP contribution in [0.25, 0.3) is 11.3 Å². The molecule has 1 N–H and O–H groups in total. The Hall–Kier alpha value is -1.42. The minimum atomic E-state index is 0.0202. The third-order valence-electron chi connectivity index (χ3n) is 1.70. The van der Waals surface area contributed by atoms with E-state index in [2.05, 4.69) is 9.97 Å². The van der Waals surface area contributed by atoms with Gasteiger partial charge >= 0.3 is 0 Å². The molecule has 0 aliphatic heterocycles. The van der Waals surface area contributed by atoms with Crippen molar-refractivity contribution in [3.05, 3.63) is 28.8 Å². The summed E-state index contributed by atoms with van der Waals surface area (Å²) in [5, 5.41) is 2.45. The van der Waals surface area contributed by atoms with Gasteiger partial charge in [-0.25, -0.2) is 4.98 Å². The number of hydrogen-bond donors (Lipinski definition) is 1. The van der Waals surface area contributed by atoms with Gasteiger partial charge in [0.1, 0.15) is 0 Å². The van der Waals surface area contributed by atoms with Crippen molar-refractivity contribution in [3.63, 3.8) is 0 Å². The maximum absolute atomic E-state index is 11.0. The predicted molar refractivity (Wildman–Crippen MR) is 51.9 cm³/mol. The van der Waals surface area contributed by atoms with Gasteiger partial charge in [-0.3, -0.25) is 4.79 Å². The van der Waals surface area contributed by atoms with Crippen molar-refractivity contribution >= 4 is 17.1 Å². The zero-order valence-corrected chi connectivity index (χ0v) is 7.89. The number of hydrogen-bond acceptors (Lipinski definition) is 3. The van der Waals surface area contributed by atoms with Crippen LogP contribution in [0.2, 0.25) is 0 Å². The van der Waals surface area contributed by atoms with Gasteiger partial charge < -0.3 is 4.98 Å². The molecule has 2 heterocycles. The fraction of sp³-hybridized carbons (Fsp3) is 0.111. The molecule has 0 bridgehead atoms. The van der Waals surface area contributed by atoms with Crippen LogP contribution in [-0.4, -0.2) is 15.8 Å². The molecule has 66 valence electrons. The van der Waals surface area contributed by atoms with E-state index in [1.54, 1.807) is 0 Å². The SMILES string of the molecule is CC(=O)c1nc(-c2cc[nH]c2)cs1. The summed E-state index contributed by atoms with van der Waals surface area (Å²) in [6, 6.07) is 1.93. The van der Waals surface area contributed by atoms with Crippen LogP contribution in [0.5, 0.6) is 0 Å². The standard InChI is InChI=1S/C9H8N2OS/c1-6(12)9-11-8(5-13-9)7-2-3-10-4-7/h2-5,10H,1H3. The summed E-state index contributed by atoms with van der Waals surface area (Å²) in [4.78, 5) is 18.1. The van der Waals surface area contributed by atoms with Gasteiger partial charge in [0, 0.05) is 30.3 Å². The molecule has 0 saturated heterocycles. The highest BCUT2D eigenvalue weighted by Crippen LogP contribution is 2.21. The second-order valence-corrected chi connectivity index (χ2v) is 3.55. The van der Waals surface area contributed by atoms with E-state index >= 15 is 0 Å². The second kappa shape index (κ2) is 3.14. The molecule has 3 nitrogen and oxygen atoms in total. The number of Topliss-reactive ketones (excluding diaryl/α,β-unsaturated/α-hetero) is 1. The van der Waals surface area contributed by atoms with Crippen molar-refractivity contribution in [3.8, 4) is 11.3 Å². The van der Waals surface area contributed by atoms with Crippen LogP contribution >= 0.6 is 11.3 Å². The van der Waals surface area contributed by atoms with Gasteiger partial charge in [-0.2, -0.15) is 0 Å². The number of aromatic nitrogens is 2. The first kappa shape index (κ1) is 8.19. The molecule has 4 heteroatoms. The first-order chi connectivity index (χ1) is 6.27. The zero-order valence-electron chi connectivity index (χ0n) is 7.07. The van der Waals surface area contributed by atoms with Crippen LogP contribution in [0.4, 0.5) is 0 Å². The van der Waals surface area contributed by atoms with Gasteiger partial charge in [0.25, 0.3) is 0 Å². The summed E-state index contributed by atoms with van der Waals surface area (Å²) >= 11 is 1.38. The number of carbonyl (C=O) groups is 1. The number of rotatable bonds is 2. The first-order valence-corrected chi connectivity index (χ1v) is 4.75. The highest BCUT2D eigenvalue weighted by Gasteiger charge is 2.07. The van der Waals surface area contributed by atoms with E-state index in [9.17, 15) is 4.79 Å². The molecule has 0 spiro atoms. The molecule has 0 atom stereocenters. The second-order valence-electron chi connectivity index (χ2n) is 2.69. The maximum atomic E-state index is 11.0. The summed E-state index contributed by atoms with van der Waals surface area (Å²) < 4.78 is 0. The third-order valence-corrected chi connectivity index (χ3v) is 2.64. The lowest BCUT2D eigenvalue weighted by atomic mass is 10.3. The molecular formula is C9H8N2OS. The average molecular weight is 192 g/mol. The van der Waals surface area contributed by atoms with E-state index in [0.29, 0.717) is 5.01 Å². The van der Waals surface area contributed by atoms with E-state index in [-0.39, 0.29) is 5.78 Å². The van der Waals surface area contributed by atoms with Crippen molar-refractivity contribution in [2.75, 3.05) is 0 Å². The molecule has 2 aromatic rings. The highest BCUT2D eigenvalue weighted by atomic mass is 32.1. The lowest BCUT2D eigenvalue weighted by molar-refractivity contribution is 0.101. The monoisotopic (exact) mass is 192 g/mol. The van der Waals surface area contributed by atoms with Gasteiger partial charge in [0.05, 0.1) is 5.69 Å². The van der Waals surface area contributed by atoms with Crippen LogP contribution < -0.4 is 0 Å². The van der Waals surface area contributed by atoms with E-state index < -0.39 is 0 Å². The largest absolute Gasteiger partial charge is 0.367 e. The van der Waals surface area contributed by atoms with Crippen molar-refractivity contribution in [1.29, 1.82) is 0 Å². The maximum Gasteiger partial charge on any atom is 0.188 e. The smallest absolute Gasteiger partial charge is 0.188 e. The van der Waals surface area contributed by atoms with Crippen LogP contribution in [0.1, 0.15) is 16.7 Å². The fourth-order valence-electron chi connectivity index (χ4n) is 1.05. The van der Waals surface area contributed by atoms with E-state index in [1.807, 2.05) is 23.8 Å². The number of carbonyl (C=O) groups excluding carboxylic acids is 1. The number of ketones is 1. The molecule has 13 heavy (non-hydrogen) atoms. The topological polar surface area (TPSA) is 45.8 Å². The number of aromatic amines is 1. The van der Waals surface area contributed by atoms with Crippen molar-refractivity contribution in [2.45, 2.75) is 6.92 Å². The molecule has 0 aliphatic rings. The summed E-state index contributed by atoms with van der Waals surface area (Å²) in [5.74, 6) is 0.0202. The number of thiazole rings is 1. The predicted octanol–water partition coefficient (Wildman–Crippen LogP) is 2.34. The highest BCUT2D eigenvalue weighted by molar-refractivity contribution is 7.12. The minimum Gasteiger partial charge on any atom is -0.367 e. The third kappa shape index (κ3) is 1.53. The Morgan fingerprint density at radius 1 is 1.62 bits per heavy atom. The Morgan fingerprint density at radius 3 is 3.00 bits per heavy atom. The molecule has 0 radical (unpaired) electrons. The van der Waals surface area contributed by atoms with Gasteiger partial charge in [-0.15, -0.1) is 11.3 Å². The molecule has 0 unspecified atom stereocenters. The zero-order chi connectivity index (χ0) is 9.26. The van der Waals surface area contributed by atoms with Crippen molar-refractivity contribution in [2.24, 2.45) is 0 Å². The Kier molecular flexibility index (Phi) is 1.98. The minimum absolute atomic E-state index is 0.0202. The van der Waals surface area contributed by atoms with Gasteiger partial charge in [0.15, 0.2) is 10.8 Å². The van der Waals surface area contributed by atoms with Crippen LogP contribution in [0.15, 0.2) is 23.8 Å². The summed E-state index contributed by atoms with van der Waals surface area (Å²) in [6.07, 6.45) is 3.70. The van der Waals surface area contributed by atoms with Crippen LogP contribution in [0, 0.1) is 0 Å². The molecule has 0 aromatic carbocycles. The number of H-pyrrole nitrogens is 1. The summed E-state index contributed by atoms with van der Waals surface area (Å²) in [5.41, 5.74) is 1.88. The molecule has 0 saturated carbocycles. The van der Waals surface area contributed by atoms with E-state index in [0.717, 1.165) is 11.3 Å². The Balaban J connectivity index is 2.39. The normalized spacial score (nSPS) is 10.2. The van der Waals surface area contributed by atoms with Gasteiger partial charge in [-0.1, -0.05) is 0 Å². The summed E-state index contributed by atoms with van der Waals surface area (Å²) in [6.45, 7) is 1.53. The average Bonchev–Trinajstić information content (AvgIpc) is 2.75. The molecular weight excluding hydrogens is 184 g/mol. The van der Waals surface area contributed by atoms with Crippen LogP contribution in [0.3, 0.4) is 0 Å². The molecule has 2 aromatic heterocycles. The first-order valence-electron chi connectivity index (χ1n) is 3.87. The van der Waals surface area contributed by atoms with E-state index in [4.69, 9.17) is 0 Å². The van der Waals surface area contributed by atoms with Crippen LogP contribution in [-0.2, 0) is 0 Å². The molecule has 0 fully saturated rings. The van der Waals surface area contributed by atoms with E-state index in [1.165, 1.54) is 18.3 Å². The van der Waals surface area contributed by atoms with Crippen molar-refractivity contribution < 1.29 is 4.79 Å². The fourth-order valence-corrected chi connectivity index (χ4v) is 1.78. The molecule has 0 amide bonds. The van der Waals surface area contributed by atoms with Gasteiger partial charge in [0.2, 0.25) is 0 Å². The molecule has 2 rings (SSSR count). The molecule has 0 aliphatic carbocycles. The Labute approximate surface area is 79.4 Å². The number of nitrogens with zero attached hydrogens (tertiary/aromatic N) is 1. The van der Waals surface area contributed by atoms with Crippen molar-refractivity contribution in [1.82, 2.24) is 9.97 Å². The lowest BCUT2D eigenvalue weighted by Gasteiger charge is -1.86. The Morgan fingerprint density at radius 2 is 2.46 bits per heavy atom. The summed E-state index contributed by atoms with van der Waals surface area (Å²) in [7, 11) is 0. The Bertz CT molecular complexity index is 417. The lowest BCUT2D eigenvalue weighted by Crippen LogP contribution is -1.89. The quantitative estimate of drug-likeness (QED) is 0.742.